The van der Waals surface area contributed by atoms with Crippen LogP contribution in [0.3, 0.4) is 0 Å². The second kappa shape index (κ2) is 5.88. The summed E-state index contributed by atoms with van der Waals surface area (Å²) in [6, 6.07) is 9.18. The van der Waals surface area contributed by atoms with E-state index in [2.05, 4.69) is 22.6 Å². The van der Waals surface area contributed by atoms with Gasteiger partial charge in [0.1, 0.15) is 11.6 Å². The first-order valence-electron chi connectivity index (χ1n) is 5.36. The monoisotopic (exact) mass is 390 g/mol. The van der Waals surface area contributed by atoms with Crippen molar-refractivity contribution in [2.24, 2.45) is 0 Å². The molecule has 0 heterocycles. The van der Waals surface area contributed by atoms with E-state index in [4.69, 9.17) is 16.3 Å². The van der Waals surface area contributed by atoms with Gasteiger partial charge in [-0.25, -0.2) is 4.39 Å². The average molecular weight is 391 g/mol. The molecular weight excluding hydrogens is 382 g/mol. The number of carbonyl (C=O) groups is 1. The van der Waals surface area contributed by atoms with Gasteiger partial charge in [0, 0.05) is 9.13 Å². The van der Waals surface area contributed by atoms with Crippen molar-refractivity contribution in [3.8, 4) is 5.75 Å². The zero-order valence-corrected chi connectivity index (χ0v) is 12.8. The molecule has 0 fully saturated rings. The maximum absolute atomic E-state index is 13.1. The first-order valence-corrected chi connectivity index (χ1v) is 6.82. The minimum absolute atomic E-state index is 0.0737. The summed E-state index contributed by atoms with van der Waals surface area (Å²) in [5.74, 6) is -0.323. The number of carbonyl (C=O) groups excluding carboxylic acids is 1. The van der Waals surface area contributed by atoms with E-state index >= 15 is 0 Å². The van der Waals surface area contributed by atoms with E-state index in [0.717, 1.165) is 3.57 Å². The second-order valence-corrected chi connectivity index (χ2v) is 5.46. The average Bonchev–Trinajstić information content (AvgIpc) is 2.41. The molecule has 2 nitrogen and oxygen atoms in total. The van der Waals surface area contributed by atoms with E-state index in [0.29, 0.717) is 16.9 Å². The van der Waals surface area contributed by atoms with E-state index in [9.17, 15) is 9.18 Å². The van der Waals surface area contributed by atoms with Gasteiger partial charge in [-0.05, 0) is 59.0 Å². The molecule has 2 aromatic rings. The third kappa shape index (κ3) is 3.06. The maximum Gasteiger partial charge on any atom is 0.196 e. The van der Waals surface area contributed by atoms with E-state index in [1.807, 2.05) is 6.07 Å². The van der Waals surface area contributed by atoms with Crippen LogP contribution in [0.4, 0.5) is 4.39 Å². The summed E-state index contributed by atoms with van der Waals surface area (Å²) in [6.45, 7) is 0. The molecule has 98 valence electrons. The van der Waals surface area contributed by atoms with Crippen LogP contribution in [-0.4, -0.2) is 12.9 Å². The van der Waals surface area contributed by atoms with Gasteiger partial charge < -0.3 is 4.74 Å². The fraction of sp³-hybridized carbons (Fsp3) is 0.0714. The molecule has 0 bridgehead atoms. The van der Waals surface area contributed by atoms with Crippen molar-refractivity contribution < 1.29 is 13.9 Å². The molecule has 0 aliphatic carbocycles. The fourth-order valence-corrected chi connectivity index (χ4v) is 2.32. The minimum atomic E-state index is -0.548. The van der Waals surface area contributed by atoms with Crippen LogP contribution in [-0.2, 0) is 0 Å². The Morgan fingerprint density at radius 2 is 2.00 bits per heavy atom. The summed E-state index contributed by atoms with van der Waals surface area (Å²) >= 11 is 7.80. The number of methoxy groups -OCH3 is 1. The first-order chi connectivity index (χ1) is 9.02. The number of ketones is 1. The summed E-state index contributed by atoms with van der Waals surface area (Å²) in [7, 11) is 1.50. The van der Waals surface area contributed by atoms with Crippen molar-refractivity contribution >= 4 is 40.0 Å². The van der Waals surface area contributed by atoms with Crippen molar-refractivity contribution in [2.75, 3.05) is 7.11 Å². The Bertz CT molecular complexity index is 643. The predicted molar refractivity (Wildman–Crippen MR) is 80.6 cm³/mol. The van der Waals surface area contributed by atoms with Gasteiger partial charge in [-0.1, -0.05) is 11.6 Å². The van der Waals surface area contributed by atoms with Gasteiger partial charge in [-0.15, -0.1) is 0 Å². The molecule has 0 aliphatic heterocycles. The molecule has 5 heteroatoms. The highest BCUT2D eigenvalue weighted by atomic mass is 127. The normalized spacial score (nSPS) is 10.3. The lowest BCUT2D eigenvalue weighted by Gasteiger charge is -2.08. The maximum atomic E-state index is 13.1. The number of ether oxygens (including phenoxy) is 1. The van der Waals surface area contributed by atoms with Crippen LogP contribution in [0.1, 0.15) is 15.9 Å². The smallest absolute Gasteiger partial charge is 0.196 e. The number of hydrogen-bond acceptors (Lipinski definition) is 2. The third-order valence-corrected chi connectivity index (χ3v) is 3.55. The summed E-state index contributed by atoms with van der Waals surface area (Å²) < 4.78 is 19.2. The molecule has 0 saturated carbocycles. The van der Waals surface area contributed by atoms with Crippen molar-refractivity contribution in [1.82, 2.24) is 0 Å². The number of halogens is 3. The van der Waals surface area contributed by atoms with Gasteiger partial charge in [0.05, 0.1) is 17.7 Å². The molecule has 0 saturated heterocycles. The molecule has 19 heavy (non-hydrogen) atoms. The molecule has 0 unspecified atom stereocenters. The third-order valence-electron chi connectivity index (χ3n) is 2.59. The van der Waals surface area contributed by atoms with Crippen LogP contribution in [0.15, 0.2) is 36.4 Å². The summed E-state index contributed by atoms with van der Waals surface area (Å²) in [5.41, 5.74) is 0.753. The Morgan fingerprint density at radius 1 is 1.26 bits per heavy atom. The van der Waals surface area contributed by atoms with Crippen molar-refractivity contribution in [3.63, 3.8) is 0 Å². The van der Waals surface area contributed by atoms with Crippen molar-refractivity contribution in [2.45, 2.75) is 0 Å². The van der Waals surface area contributed by atoms with Crippen LogP contribution in [0, 0.1) is 9.39 Å². The SMILES string of the molecule is COc1ccc(I)cc1C(=O)c1ccc(F)c(Cl)c1. The van der Waals surface area contributed by atoms with Crippen LogP contribution >= 0.6 is 34.2 Å². The van der Waals surface area contributed by atoms with Gasteiger partial charge in [-0.2, -0.15) is 0 Å². The van der Waals surface area contributed by atoms with Crippen molar-refractivity contribution in [1.29, 1.82) is 0 Å². The lowest BCUT2D eigenvalue weighted by molar-refractivity contribution is 0.103. The first kappa shape index (κ1) is 14.3. The topological polar surface area (TPSA) is 26.3 Å². The van der Waals surface area contributed by atoms with E-state index in [-0.39, 0.29) is 10.8 Å². The molecule has 0 N–H and O–H groups in total. The molecule has 2 aromatic carbocycles. The molecular formula is C14H9ClFIO2. The van der Waals surface area contributed by atoms with E-state index in [1.54, 1.807) is 12.1 Å². The quantitative estimate of drug-likeness (QED) is 0.576. The molecule has 0 spiro atoms. The Hall–Kier alpha value is -1.14. The van der Waals surface area contributed by atoms with Gasteiger partial charge in [-0.3, -0.25) is 4.79 Å². The number of rotatable bonds is 3. The summed E-state index contributed by atoms with van der Waals surface area (Å²) in [4.78, 5) is 12.4. The molecule has 2 rings (SSSR count). The largest absolute Gasteiger partial charge is 0.496 e. The highest BCUT2D eigenvalue weighted by molar-refractivity contribution is 14.1. The lowest BCUT2D eigenvalue weighted by atomic mass is 10.0. The summed E-state index contributed by atoms with van der Waals surface area (Å²) in [5, 5.41) is -0.0737. The Balaban J connectivity index is 2.49. The van der Waals surface area contributed by atoms with Crippen LogP contribution in [0.2, 0.25) is 5.02 Å². The van der Waals surface area contributed by atoms with Gasteiger partial charge in [0.2, 0.25) is 0 Å². The number of hydrogen-bond donors (Lipinski definition) is 0. The van der Waals surface area contributed by atoms with Gasteiger partial charge in [0.15, 0.2) is 5.78 Å². The highest BCUT2D eigenvalue weighted by Gasteiger charge is 2.16. The Labute approximate surface area is 128 Å². The fourth-order valence-electron chi connectivity index (χ4n) is 1.65. The minimum Gasteiger partial charge on any atom is -0.496 e. The molecule has 0 aliphatic rings. The van der Waals surface area contributed by atoms with Crippen LogP contribution < -0.4 is 4.74 Å². The van der Waals surface area contributed by atoms with E-state index in [1.165, 1.54) is 25.3 Å². The zero-order chi connectivity index (χ0) is 14.0. The van der Waals surface area contributed by atoms with Gasteiger partial charge >= 0.3 is 0 Å². The summed E-state index contributed by atoms with van der Waals surface area (Å²) in [6.07, 6.45) is 0. The van der Waals surface area contributed by atoms with Gasteiger partial charge in [0.25, 0.3) is 0 Å². The molecule has 0 amide bonds. The van der Waals surface area contributed by atoms with Crippen LogP contribution in [0.25, 0.3) is 0 Å². The molecule has 0 aromatic heterocycles. The predicted octanol–water partition coefficient (Wildman–Crippen LogP) is 4.32. The molecule has 0 atom stereocenters. The standard InChI is InChI=1S/C14H9ClFIO2/c1-19-13-5-3-9(17)7-10(13)14(18)8-2-4-12(16)11(15)6-8/h2-7H,1H3. The van der Waals surface area contributed by atoms with Crippen molar-refractivity contribution in [3.05, 3.63) is 61.9 Å². The Kier molecular flexibility index (Phi) is 4.42. The van der Waals surface area contributed by atoms with Crippen LogP contribution in [0.5, 0.6) is 5.75 Å². The van der Waals surface area contributed by atoms with E-state index < -0.39 is 5.82 Å². The molecule has 0 radical (unpaired) electrons. The second-order valence-electron chi connectivity index (χ2n) is 3.80. The number of benzene rings is 2. The highest BCUT2D eigenvalue weighted by Crippen LogP contribution is 2.25. The lowest BCUT2D eigenvalue weighted by Crippen LogP contribution is -2.04. The Morgan fingerprint density at radius 3 is 2.63 bits per heavy atom. The zero-order valence-electron chi connectivity index (χ0n) is 9.91.